The molecule has 0 fully saturated rings. The normalized spacial score (nSPS) is 11.3. The number of hydrogen-bond donors (Lipinski definition) is 2. The van der Waals surface area contributed by atoms with E-state index in [1.807, 2.05) is 25.2 Å². The number of nitrogen functional groups attached to an aromatic ring is 1. The van der Waals surface area contributed by atoms with Crippen LogP contribution in [0, 0.1) is 0 Å². The molecule has 2 aromatic heterocycles. The summed E-state index contributed by atoms with van der Waals surface area (Å²) in [7, 11) is 5.08. The van der Waals surface area contributed by atoms with Gasteiger partial charge in [0, 0.05) is 36.4 Å². The molecule has 0 bridgehead atoms. The highest BCUT2D eigenvalue weighted by molar-refractivity contribution is 6.11. The van der Waals surface area contributed by atoms with Crippen molar-refractivity contribution in [2.75, 3.05) is 45.5 Å². The van der Waals surface area contributed by atoms with Crippen LogP contribution in [0.15, 0.2) is 18.2 Å². The number of aromatic nitrogens is 2. The second kappa shape index (κ2) is 7.84. The number of ether oxygens (including phenoxy) is 3. The zero-order valence-electron chi connectivity index (χ0n) is 16.4. The fourth-order valence-electron chi connectivity index (χ4n) is 3.14. The highest BCUT2D eigenvalue weighted by Gasteiger charge is 2.18. The van der Waals surface area contributed by atoms with Crippen LogP contribution >= 0.6 is 0 Å². The first-order chi connectivity index (χ1) is 13.0. The molecular formula is C20H26N4O3. The van der Waals surface area contributed by atoms with Gasteiger partial charge in [0.15, 0.2) is 11.5 Å². The topological polar surface area (TPSA) is 91.5 Å². The molecule has 3 aromatic rings. The Morgan fingerprint density at radius 3 is 2.44 bits per heavy atom. The zero-order chi connectivity index (χ0) is 19.6. The number of pyridine rings is 2. The molecule has 0 saturated heterocycles. The second-order valence-corrected chi connectivity index (χ2v) is 6.58. The fraction of sp³-hybridized carbons (Fsp3) is 0.400. The maximum Gasteiger partial charge on any atom is 0.163 e. The van der Waals surface area contributed by atoms with E-state index in [1.54, 1.807) is 14.2 Å². The van der Waals surface area contributed by atoms with E-state index in [9.17, 15) is 0 Å². The standard InChI is InChI=1S/C20H26N4O3/c1-11(2)19-18-13(9-17(22-3)24-20(18)21)12-8-15(26-5)16(10-14(12)23-19)27-7-6-25-4/h8-11H,6-7H2,1-5H3,(H3,21,22,24). The van der Waals surface area contributed by atoms with E-state index in [4.69, 9.17) is 24.9 Å². The van der Waals surface area contributed by atoms with E-state index in [0.29, 0.717) is 36.3 Å². The molecule has 3 N–H and O–H groups in total. The third kappa shape index (κ3) is 3.55. The molecule has 0 radical (unpaired) electrons. The molecule has 7 nitrogen and oxygen atoms in total. The fourth-order valence-corrected chi connectivity index (χ4v) is 3.14. The lowest BCUT2D eigenvalue weighted by Gasteiger charge is -2.17. The van der Waals surface area contributed by atoms with Crippen molar-refractivity contribution >= 4 is 33.3 Å². The first-order valence-corrected chi connectivity index (χ1v) is 8.91. The molecule has 0 atom stereocenters. The summed E-state index contributed by atoms with van der Waals surface area (Å²) in [5.41, 5.74) is 8.02. The molecule has 3 rings (SSSR count). The first kappa shape index (κ1) is 19.0. The summed E-state index contributed by atoms with van der Waals surface area (Å²) >= 11 is 0. The van der Waals surface area contributed by atoms with Crippen molar-refractivity contribution in [1.82, 2.24) is 9.97 Å². The Balaban J connectivity index is 2.32. The first-order valence-electron chi connectivity index (χ1n) is 8.91. The minimum atomic E-state index is 0.196. The van der Waals surface area contributed by atoms with E-state index in [0.717, 1.165) is 27.4 Å². The quantitative estimate of drug-likeness (QED) is 0.485. The summed E-state index contributed by atoms with van der Waals surface area (Å²) in [6, 6.07) is 5.84. The third-order valence-electron chi connectivity index (χ3n) is 4.46. The number of nitrogens with one attached hydrogen (secondary N) is 1. The largest absolute Gasteiger partial charge is 0.493 e. The lowest BCUT2D eigenvalue weighted by molar-refractivity contribution is 0.144. The van der Waals surface area contributed by atoms with Crippen LogP contribution in [0.5, 0.6) is 11.5 Å². The van der Waals surface area contributed by atoms with Gasteiger partial charge >= 0.3 is 0 Å². The molecule has 1 aromatic carbocycles. The predicted molar refractivity (Wildman–Crippen MR) is 109 cm³/mol. The highest BCUT2D eigenvalue weighted by atomic mass is 16.5. The van der Waals surface area contributed by atoms with Crippen LogP contribution in [0.3, 0.4) is 0 Å². The minimum Gasteiger partial charge on any atom is -0.493 e. The van der Waals surface area contributed by atoms with Crippen molar-refractivity contribution in [1.29, 1.82) is 0 Å². The van der Waals surface area contributed by atoms with Crippen molar-refractivity contribution in [3.8, 4) is 11.5 Å². The van der Waals surface area contributed by atoms with Gasteiger partial charge in [-0.15, -0.1) is 0 Å². The number of anilines is 2. The van der Waals surface area contributed by atoms with Crippen LogP contribution in [-0.2, 0) is 4.74 Å². The van der Waals surface area contributed by atoms with Crippen LogP contribution < -0.4 is 20.5 Å². The molecule has 0 aliphatic rings. The maximum absolute atomic E-state index is 6.28. The van der Waals surface area contributed by atoms with Crippen molar-refractivity contribution in [2.24, 2.45) is 0 Å². The summed E-state index contributed by atoms with van der Waals surface area (Å²) in [6.07, 6.45) is 0. The number of fused-ring (bicyclic) bond motifs is 3. The summed E-state index contributed by atoms with van der Waals surface area (Å²) in [5.74, 6) is 2.65. The summed E-state index contributed by atoms with van der Waals surface area (Å²) < 4.78 is 16.4. The summed E-state index contributed by atoms with van der Waals surface area (Å²) in [5, 5.41) is 5.88. The van der Waals surface area contributed by atoms with E-state index in [2.05, 4.69) is 24.1 Å². The smallest absolute Gasteiger partial charge is 0.163 e. The van der Waals surface area contributed by atoms with E-state index >= 15 is 0 Å². The average molecular weight is 370 g/mol. The Hall–Kier alpha value is -2.80. The molecule has 2 heterocycles. The van der Waals surface area contributed by atoms with Crippen LogP contribution in [0.1, 0.15) is 25.5 Å². The molecule has 0 amide bonds. The van der Waals surface area contributed by atoms with Gasteiger partial charge in [0.05, 0.1) is 24.9 Å². The third-order valence-corrected chi connectivity index (χ3v) is 4.46. The van der Waals surface area contributed by atoms with Crippen molar-refractivity contribution < 1.29 is 14.2 Å². The van der Waals surface area contributed by atoms with Gasteiger partial charge in [-0.3, -0.25) is 4.98 Å². The van der Waals surface area contributed by atoms with Crippen molar-refractivity contribution in [3.63, 3.8) is 0 Å². The number of benzene rings is 1. The monoisotopic (exact) mass is 370 g/mol. The Labute approximate surface area is 158 Å². The lowest BCUT2D eigenvalue weighted by Crippen LogP contribution is -2.06. The molecule has 0 spiro atoms. The van der Waals surface area contributed by atoms with Gasteiger partial charge < -0.3 is 25.3 Å². The molecular weight excluding hydrogens is 344 g/mol. The Morgan fingerprint density at radius 1 is 1.04 bits per heavy atom. The van der Waals surface area contributed by atoms with E-state index in [1.165, 1.54) is 0 Å². The zero-order valence-corrected chi connectivity index (χ0v) is 16.4. The van der Waals surface area contributed by atoms with Gasteiger partial charge in [0.1, 0.15) is 18.2 Å². The van der Waals surface area contributed by atoms with Crippen molar-refractivity contribution in [3.05, 3.63) is 23.9 Å². The highest BCUT2D eigenvalue weighted by Crippen LogP contribution is 2.39. The van der Waals surface area contributed by atoms with Gasteiger partial charge in [-0.1, -0.05) is 13.8 Å². The second-order valence-electron chi connectivity index (χ2n) is 6.58. The van der Waals surface area contributed by atoms with E-state index in [-0.39, 0.29) is 5.92 Å². The summed E-state index contributed by atoms with van der Waals surface area (Å²) in [6.45, 7) is 5.12. The van der Waals surface area contributed by atoms with Gasteiger partial charge in [-0.2, -0.15) is 0 Å². The van der Waals surface area contributed by atoms with Gasteiger partial charge in [-0.25, -0.2) is 4.98 Å². The average Bonchev–Trinajstić information content (AvgIpc) is 2.66. The minimum absolute atomic E-state index is 0.196. The Bertz CT molecular complexity index is 973. The number of nitrogens with zero attached hydrogens (tertiary/aromatic N) is 2. The Morgan fingerprint density at radius 2 is 1.81 bits per heavy atom. The molecule has 144 valence electrons. The number of rotatable bonds is 7. The molecule has 0 aliphatic heterocycles. The number of nitrogens with two attached hydrogens (primary N) is 1. The summed E-state index contributed by atoms with van der Waals surface area (Å²) in [4.78, 5) is 9.31. The lowest BCUT2D eigenvalue weighted by atomic mass is 9.98. The molecule has 0 aliphatic carbocycles. The molecule has 0 unspecified atom stereocenters. The van der Waals surface area contributed by atoms with Crippen molar-refractivity contribution in [2.45, 2.75) is 19.8 Å². The molecule has 27 heavy (non-hydrogen) atoms. The van der Waals surface area contributed by atoms with Crippen LogP contribution in [0.25, 0.3) is 21.7 Å². The maximum atomic E-state index is 6.28. The number of methoxy groups -OCH3 is 2. The van der Waals surface area contributed by atoms with Crippen LogP contribution in [0.4, 0.5) is 11.6 Å². The number of hydrogen-bond acceptors (Lipinski definition) is 7. The SMILES string of the molecule is CNc1cc2c(c(N)n1)c(C(C)C)nc1cc(OCCOC)c(OC)cc12. The Kier molecular flexibility index (Phi) is 5.51. The van der Waals surface area contributed by atoms with E-state index < -0.39 is 0 Å². The van der Waals surface area contributed by atoms with Gasteiger partial charge in [0.2, 0.25) is 0 Å². The predicted octanol–water partition coefficient (Wildman–Crippen LogP) is 3.56. The van der Waals surface area contributed by atoms with Gasteiger partial charge in [0.25, 0.3) is 0 Å². The van der Waals surface area contributed by atoms with Gasteiger partial charge in [-0.05, 0) is 18.1 Å². The van der Waals surface area contributed by atoms with Crippen LogP contribution in [0.2, 0.25) is 0 Å². The van der Waals surface area contributed by atoms with Crippen LogP contribution in [-0.4, -0.2) is 44.4 Å². The molecule has 0 saturated carbocycles. The molecule has 7 heteroatoms.